The fraction of sp³-hybridized carbons (Fsp3) is 0.562. The Morgan fingerprint density at radius 1 is 1.43 bits per heavy atom. The molecule has 1 aromatic rings. The van der Waals surface area contributed by atoms with E-state index in [1.165, 1.54) is 13.2 Å². The molecule has 1 N–H and O–H groups in total. The van der Waals surface area contributed by atoms with Crippen molar-refractivity contribution in [2.24, 2.45) is 17.8 Å². The van der Waals surface area contributed by atoms with Crippen LogP contribution in [0.3, 0.4) is 0 Å². The van der Waals surface area contributed by atoms with Crippen LogP contribution in [-0.4, -0.2) is 36.2 Å². The first-order chi connectivity index (χ1) is 10.1. The van der Waals surface area contributed by atoms with Crippen molar-refractivity contribution in [2.45, 2.75) is 19.4 Å². The molecule has 21 heavy (non-hydrogen) atoms. The second kappa shape index (κ2) is 5.64. The molecule has 2 fully saturated rings. The molecule has 1 saturated carbocycles. The summed E-state index contributed by atoms with van der Waals surface area (Å²) in [4.78, 5) is 13.5. The van der Waals surface area contributed by atoms with Crippen molar-refractivity contribution in [3.05, 3.63) is 29.6 Å². The highest BCUT2D eigenvalue weighted by atomic mass is 19.1. The molecular formula is C16H20FNO3. The van der Waals surface area contributed by atoms with Crippen LogP contribution < -0.4 is 4.74 Å². The van der Waals surface area contributed by atoms with Gasteiger partial charge in [0.2, 0.25) is 0 Å². The standard InChI is InChI=1S/C16H20FNO3/c1-21-15-5-2-10(6-14(15)17)7-18-8-12(11-3-4-11)13(9-18)16(19)20/h2,5-6,11-13H,3-4,7-9H2,1H3,(H,19,20)/t12-,13+/m0/s1. The predicted octanol–water partition coefficient (Wildman–Crippen LogP) is 2.38. The van der Waals surface area contributed by atoms with Crippen molar-refractivity contribution < 1.29 is 19.0 Å². The summed E-state index contributed by atoms with van der Waals surface area (Å²) in [6.45, 7) is 1.95. The summed E-state index contributed by atoms with van der Waals surface area (Å²) in [5.41, 5.74) is 0.855. The summed E-state index contributed by atoms with van der Waals surface area (Å²) in [5, 5.41) is 9.35. The lowest BCUT2D eigenvalue weighted by Gasteiger charge is -2.16. The zero-order valence-corrected chi connectivity index (χ0v) is 12.1. The molecule has 0 unspecified atom stereocenters. The van der Waals surface area contributed by atoms with Crippen LogP contribution in [0, 0.1) is 23.6 Å². The molecule has 4 nitrogen and oxygen atoms in total. The molecule has 0 radical (unpaired) electrons. The van der Waals surface area contributed by atoms with Gasteiger partial charge in [0.25, 0.3) is 0 Å². The van der Waals surface area contributed by atoms with Gasteiger partial charge < -0.3 is 9.84 Å². The quantitative estimate of drug-likeness (QED) is 0.905. The minimum Gasteiger partial charge on any atom is -0.494 e. The molecule has 114 valence electrons. The number of benzene rings is 1. The Bertz CT molecular complexity index is 544. The van der Waals surface area contributed by atoms with Gasteiger partial charge in [-0.2, -0.15) is 0 Å². The molecule has 1 saturated heterocycles. The maximum Gasteiger partial charge on any atom is 0.308 e. The van der Waals surface area contributed by atoms with Crippen LogP contribution in [0.1, 0.15) is 18.4 Å². The number of hydrogen-bond acceptors (Lipinski definition) is 3. The number of hydrogen-bond donors (Lipinski definition) is 1. The van der Waals surface area contributed by atoms with Crippen LogP contribution in [0.5, 0.6) is 5.75 Å². The van der Waals surface area contributed by atoms with Gasteiger partial charge in [-0.1, -0.05) is 6.07 Å². The van der Waals surface area contributed by atoms with Gasteiger partial charge in [-0.05, 0) is 42.4 Å². The molecule has 1 aromatic carbocycles. The van der Waals surface area contributed by atoms with Gasteiger partial charge in [-0.3, -0.25) is 9.69 Å². The molecule has 5 heteroatoms. The molecule has 0 aromatic heterocycles. The number of ether oxygens (including phenoxy) is 1. The maximum absolute atomic E-state index is 13.7. The number of aliphatic carboxylic acids is 1. The fourth-order valence-corrected chi connectivity index (χ4v) is 3.37. The third kappa shape index (κ3) is 3.02. The van der Waals surface area contributed by atoms with Crippen LogP contribution in [0.15, 0.2) is 18.2 Å². The zero-order chi connectivity index (χ0) is 15.0. The highest BCUT2D eigenvalue weighted by Gasteiger charge is 2.45. The van der Waals surface area contributed by atoms with E-state index in [1.54, 1.807) is 6.07 Å². The fourth-order valence-electron chi connectivity index (χ4n) is 3.37. The van der Waals surface area contributed by atoms with Gasteiger partial charge >= 0.3 is 5.97 Å². The number of methoxy groups -OCH3 is 1. The van der Waals surface area contributed by atoms with Crippen LogP contribution >= 0.6 is 0 Å². The van der Waals surface area contributed by atoms with E-state index in [-0.39, 0.29) is 23.4 Å². The number of rotatable bonds is 5. The lowest BCUT2D eigenvalue weighted by atomic mass is 9.92. The second-order valence-electron chi connectivity index (χ2n) is 6.11. The first-order valence-corrected chi connectivity index (χ1v) is 7.36. The molecule has 1 aliphatic carbocycles. The van der Waals surface area contributed by atoms with E-state index < -0.39 is 5.97 Å². The largest absolute Gasteiger partial charge is 0.494 e. The normalized spacial score (nSPS) is 26.0. The molecule has 0 amide bonds. The maximum atomic E-state index is 13.7. The highest BCUT2D eigenvalue weighted by Crippen LogP contribution is 2.44. The molecule has 2 atom stereocenters. The zero-order valence-electron chi connectivity index (χ0n) is 12.1. The van der Waals surface area contributed by atoms with Crippen molar-refractivity contribution in [2.75, 3.05) is 20.2 Å². The summed E-state index contributed by atoms with van der Waals surface area (Å²) in [6, 6.07) is 4.93. The minimum absolute atomic E-state index is 0.236. The predicted molar refractivity (Wildman–Crippen MR) is 75.6 cm³/mol. The van der Waals surface area contributed by atoms with Crippen molar-refractivity contribution in [3.63, 3.8) is 0 Å². The Hall–Kier alpha value is -1.62. The van der Waals surface area contributed by atoms with Gasteiger partial charge in [0.05, 0.1) is 13.0 Å². The van der Waals surface area contributed by atoms with Crippen LogP contribution in [0.25, 0.3) is 0 Å². The summed E-state index contributed by atoms with van der Waals surface area (Å²) in [5.74, 6) is -0.285. The van der Waals surface area contributed by atoms with E-state index in [2.05, 4.69) is 4.90 Å². The Morgan fingerprint density at radius 2 is 2.19 bits per heavy atom. The Morgan fingerprint density at radius 3 is 2.76 bits per heavy atom. The Balaban J connectivity index is 1.68. The number of likely N-dealkylation sites (tertiary alicyclic amines) is 1. The van der Waals surface area contributed by atoms with Crippen LogP contribution in [0.4, 0.5) is 4.39 Å². The van der Waals surface area contributed by atoms with E-state index in [9.17, 15) is 14.3 Å². The van der Waals surface area contributed by atoms with Crippen LogP contribution in [-0.2, 0) is 11.3 Å². The summed E-state index contributed by atoms with van der Waals surface area (Å²) in [6.07, 6.45) is 2.30. The van der Waals surface area contributed by atoms with Gasteiger partial charge in [0.1, 0.15) is 0 Å². The third-order valence-electron chi connectivity index (χ3n) is 4.61. The highest BCUT2D eigenvalue weighted by molar-refractivity contribution is 5.71. The average molecular weight is 293 g/mol. The minimum atomic E-state index is -0.699. The number of carboxylic acids is 1. The lowest BCUT2D eigenvalue weighted by Crippen LogP contribution is -2.24. The summed E-state index contributed by atoms with van der Waals surface area (Å²) >= 11 is 0. The van der Waals surface area contributed by atoms with Crippen molar-refractivity contribution in [1.29, 1.82) is 0 Å². The van der Waals surface area contributed by atoms with Crippen molar-refractivity contribution in [1.82, 2.24) is 4.90 Å². The molecule has 1 aliphatic heterocycles. The Kier molecular flexibility index (Phi) is 3.85. The summed E-state index contributed by atoms with van der Waals surface area (Å²) in [7, 11) is 1.44. The van der Waals surface area contributed by atoms with Gasteiger partial charge in [0, 0.05) is 19.6 Å². The first kappa shape index (κ1) is 14.3. The SMILES string of the molecule is COc1ccc(CN2C[C@@H](C(=O)O)[C@H](C3CC3)C2)cc1F. The Labute approximate surface area is 123 Å². The number of carbonyl (C=O) groups is 1. The van der Waals surface area contributed by atoms with Crippen molar-refractivity contribution in [3.8, 4) is 5.75 Å². The smallest absolute Gasteiger partial charge is 0.308 e. The average Bonchev–Trinajstić information content (AvgIpc) is 3.20. The molecular weight excluding hydrogens is 273 g/mol. The molecule has 3 rings (SSSR count). The molecule has 2 aliphatic rings. The second-order valence-corrected chi connectivity index (χ2v) is 6.11. The van der Waals surface area contributed by atoms with Gasteiger partial charge in [-0.25, -0.2) is 4.39 Å². The molecule has 1 heterocycles. The van der Waals surface area contributed by atoms with Crippen molar-refractivity contribution >= 4 is 5.97 Å². The van der Waals surface area contributed by atoms with Gasteiger partial charge in [0.15, 0.2) is 11.6 Å². The summed E-state index contributed by atoms with van der Waals surface area (Å²) < 4.78 is 18.6. The van der Waals surface area contributed by atoms with Crippen LogP contribution in [0.2, 0.25) is 0 Å². The van der Waals surface area contributed by atoms with E-state index in [1.807, 2.05) is 6.07 Å². The lowest BCUT2D eigenvalue weighted by molar-refractivity contribution is -0.142. The van der Waals surface area contributed by atoms with E-state index in [0.717, 1.165) is 24.9 Å². The topological polar surface area (TPSA) is 49.8 Å². The third-order valence-corrected chi connectivity index (χ3v) is 4.61. The molecule has 0 spiro atoms. The van der Waals surface area contributed by atoms with E-state index in [0.29, 0.717) is 19.0 Å². The number of carboxylic acid groups (broad SMARTS) is 1. The first-order valence-electron chi connectivity index (χ1n) is 7.36. The number of nitrogens with zero attached hydrogens (tertiary/aromatic N) is 1. The molecule has 0 bridgehead atoms. The van der Waals surface area contributed by atoms with E-state index >= 15 is 0 Å². The monoisotopic (exact) mass is 293 g/mol. The van der Waals surface area contributed by atoms with Gasteiger partial charge in [-0.15, -0.1) is 0 Å². The number of halogens is 1. The van der Waals surface area contributed by atoms with E-state index in [4.69, 9.17) is 4.74 Å².